The normalized spacial score (nSPS) is 14.1. The Balaban J connectivity index is 2.45. The summed E-state index contributed by atoms with van der Waals surface area (Å²) >= 11 is 0. The Bertz CT molecular complexity index is 375. The summed E-state index contributed by atoms with van der Waals surface area (Å²) in [7, 11) is 0. The molecule has 0 saturated carbocycles. The van der Waals surface area contributed by atoms with Crippen LogP contribution in [0.3, 0.4) is 0 Å². The van der Waals surface area contributed by atoms with Gasteiger partial charge >= 0.3 is 6.03 Å². The third kappa shape index (κ3) is 4.75. The number of hydrogen-bond acceptors (Lipinski definition) is 2. The molecule has 0 bridgehead atoms. The number of hydrogen-bond donors (Lipinski definition) is 3. The smallest absolute Gasteiger partial charge is 0.314 e. The van der Waals surface area contributed by atoms with E-state index in [4.69, 9.17) is 0 Å². The highest BCUT2D eigenvalue weighted by Gasteiger charge is 2.23. The van der Waals surface area contributed by atoms with Crippen LogP contribution < -0.4 is 10.6 Å². The zero-order valence-corrected chi connectivity index (χ0v) is 11.2. The second kappa shape index (κ2) is 6.40. The van der Waals surface area contributed by atoms with Gasteiger partial charge in [-0.1, -0.05) is 44.2 Å². The van der Waals surface area contributed by atoms with Crippen LogP contribution in [0.5, 0.6) is 0 Å². The Kier molecular flexibility index (Phi) is 5.16. The fourth-order valence-corrected chi connectivity index (χ4v) is 1.51. The maximum Gasteiger partial charge on any atom is 0.314 e. The first-order valence-corrected chi connectivity index (χ1v) is 6.21. The van der Waals surface area contributed by atoms with E-state index in [0.29, 0.717) is 12.5 Å². The molecule has 1 rings (SSSR count). The van der Waals surface area contributed by atoms with Gasteiger partial charge in [-0.25, -0.2) is 4.79 Å². The van der Waals surface area contributed by atoms with Gasteiger partial charge in [0.1, 0.15) is 5.60 Å². The molecule has 4 heteroatoms. The Morgan fingerprint density at radius 1 is 1.28 bits per heavy atom. The van der Waals surface area contributed by atoms with Crippen LogP contribution >= 0.6 is 0 Å². The Hall–Kier alpha value is -1.55. The van der Waals surface area contributed by atoms with E-state index in [1.165, 1.54) is 0 Å². The second-order valence-corrected chi connectivity index (χ2v) is 5.10. The predicted octanol–water partition coefficient (Wildman–Crippen LogP) is 1.85. The molecule has 18 heavy (non-hydrogen) atoms. The fourth-order valence-electron chi connectivity index (χ4n) is 1.51. The number of rotatable bonds is 5. The molecule has 4 nitrogen and oxygen atoms in total. The van der Waals surface area contributed by atoms with Gasteiger partial charge < -0.3 is 15.7 Å². The van der Waals surface area contributed by atoms with Gasteiger partial charge in [-0.05, 0) is 18.4 Å². The molecule has 0 heterocycles. The monoisotopic (exact) mass is 250 g/mol. The van der Waals surface area contributed by atoms with E-state index >= 15 is 0 Å². The van der Waals surface area contributed by atoms with E-state index in [9.17, 15) is 9.90 Å². The first-order chi connectivity index (χ1) is 8.42. The molecule has 2 amide bonds. The van der Waals surface area contributed by atoms with Crippen molar-refractivity contribution < 1.29 is 9.90 Å². The van der Waals surface area contributed by atoms with Crippen LogP contribution in [0.25, 0.3) is 0 Å². The van der Waals surface area contributed by atoms with E-state index in [1.54, 1.807) is 6.92 Å². The van der Waals surface area contributed by atoms with E-state index < -0.39 is 5.60 Å². The van der Waals surface area contributed by atoms with Gasteiger partial charge in [0.05, 0.1) is 6.54 Å². The molecule has 0 saturated heterocycles. The number of benzene rings is 1. The van der Waals surface area contributed by atoms with Gasteiger partial charge in [-0.3, -0.25) is 0 Å². The number of carbonyl (C=O) groups is 1. The van der Waals surface area contributed by atoms with Crippen LogP contribution in [0.1, 0.15) is 26.3 Å². The summed E-state index contributed by atoms with van der Waals surface area (Å²) in [6.07, 6.45) is 0. The maximum absolute atomic E-state index is 11.5. The van der Waals surface area contributed by atoms with E-state index in [0.717, 1.165) is 5.56 Å². The largest absolute Gasteiger partial charge is 0.384 e. The first-order valence-electron chi connectivity index (χ1n) is 6.21. The third-order valence-corrected chi connectivity index (χ3v) is 2.66. The third-order valence-electron chi connectivity index (χ3n) is 2.66. The minimum atomic E-state index is -1.06. The van der Waals surface area contributed by atoms with Gasteiger partial charge in [0, 0.05) is 6.54 Å². The highest BCUT2D eigenvalue weighted by molar-refractivity contribution is 5.73. The molecule has 100 valence electrons. The van der Waals surface area contributed by atoms with Crippen LogP contribution in [0.2, 0.25) is 0 Å². The molecule has 0 spiro atoms. The zero-order valence-electron chi connectivity index (χ0n) is 11.2. The number of nitrogens with one attached hydrogen (secondary N) is 2. The number of carbonyl (C=O) groups excluding carboxylic acids is 1. The minimum Gasteiger partial charge on any atom is -0.384 e. The Morgan fingerprint density at radius 3 is 2.44 bits per heavy atom. The van der Waals surface area contributed by atoms with E-state index in [1.807, 2.05) is 44.2 Å². The molecule has 0 fully saturated rings. The fraction of sp³-hybridized carbons (Fsp3) is 0.500. The van der Waals surface area contributed by atoms with Crippen molar-refractivity contribution in [2.24, 2.45) is 5.92 Å². The molecule has 1 unspecified atom stereocenters. The van der Waals surface area contributed by atoms with Crippen molar-refractivity contribution in [3.8, 4) is 0 Å². The Morgan fingerprint density at radius 2 is 1.89 bits per heavy atom. The lowest BCUT2D eigenvalue weighted by molar-refractivity contribution is 0.0594. The summed E-state index contributed by atoms with van der Waals surface area (Å²) < 4.78 is 0. The average molecular weight is 250 g/mol. The minimum absolute atomic E-state index is 0.181. The number of aliphatic hydroxyl groups is 1. The summed E-state index contributed by atoms with van der Waals surface area (Å²) in [6.45, 7) is 6.55. The van der Waals surface area contributed by atoms with Gasteiger partial charge in [0.25, 0.3) is 0 Å². The summed E-state index contributed by atoms with van der Waals surface area (Å²) in [6, 6.07) is 9.05. The van der Waals surface area contributed by atoms with Gasteiger partial charge in [0.15, 0.2) is 0 Å². The maximum atomic E-state index is 11.5. The average Bonchev–Trinajstić information content (AvgIpc) is 2.35. The van der Waals surface area contributed by atoms with Gasteiger partial charge in [-0.15, -0.1) is 0 Å². The number of amides is 2. The summed E-state index contributed by atoms with van der Waals surface area (Å²) in [5.74, 6) is 0.408. The quantitative estimate of drug-likeness (QED) is 0.747. The van der Waals surface area contributed by atoms with Gasteiger partial charge in [0.2, 0.25) is 0 Å². The highest BCUT2D eigenvalue weighted by atomic mass is 16.3. The molecular formula is C14H22N2O2. The topological polar surface area (TPSA) is 61.4 Å². The first kappa shape index (κ1) is 14.5. The molecule has 1 aromatic rings. The molecule has 1 aromatic carbocycles. The van der Waals surface area contributed by atoms with Crippen molar-refractivity contribution >= 4 is 6.03 Å². The predicted molar refractivity (Wildman–Crippen MR) is 72.3 cm³/mol. The molecule has 0 aliphatic rings. The van der Waals surface area contributed by atoms with E-state index in [-0.39, 0.29) is 12.6 Å². The molecule has 0 radical (unpaired) electrons. The summed E-state index contributed by atoms with van der Waals surface area (Å²) in [5, 5.41) is 15.7. The highest BCUT2D eigenvalue weighted by Crippen LogP contribution is 2.18. The molecular weight excluding hydrogens is 228 g/mol. The lowest BCUT2D eigenvalue weighted by atomic mass is 9.96. The van der Waals surface area contributed by atoms with Crippen molar-refractivity contribution in [3.05, 3.63) is 35.9 Å². The lowest BCUT2D eigenvalue weighted by Gasteiger charge is -2.24. The van der Waals surface area contributed by atoms with E-state index in [2.05, 4.69) is 10.6 Å². The van der Waals surface area contributed by atoms with Crippen LogP contribution in [0.15, 0.2) is 30.3 Å². The molecule has 0 aliphatic heterocycles. The lowest BCUT2D eigenvalue weighted by Crippen LogP contribution is -2.44. The van der Waals surface area contributed by atoms with Gasteiger partial charge in [-0.2, -0.15) is 0 Å². The van der Waals surface area contributed by atoms with Crippen LogP contribution in [-0.2, 0) is 5.60 Å². The van der Waals surface area contributed by atoms with Crippen molar-refractivity contribution in [1.82, 2.24) is 10.6 Å². The SMILES string of the molecule is CC(C)CNC(=O)NCC(C)(O)c1ccccc1. The van der Waals surface area contributed by atoms with Crippen molar-refractivity contribution in [3.63, 3.8) is 0 Å². The number of urea groups is 1. The summed E-state index contributed by atoms with van der Waals surface area (Å²) in [4.78, 5) is 11.5. The van der Waals surface area contributed by atoms with Crippen molar-refractivity contribution in [1.29, 1.82) is 0 Å². The van der Waals surface area contributed by atoms with Crippen molar-refractivity contribution in [2.45, 2.75) is 26.4 Å². The standard InChI is InChI=1S/C14H22N2O2/c1-11(2)9-15-13(17)16-10-14(3,18)12-7-5-4-6-8-12/h4-8,11,18H,9-10H2,1-3H3,(H2,15,16,17). The zero-order chi connectivity index (χ0) is 13.6. The molecule has 0 aromatic heterocycles. The van der Waals surface area contributed by atoms with Crippen LogP contribution in [0.4, 0.5) is 4.79 Å². The molecule has 3 N–H and O–H groups in total. The van der Waals surface area contributed by atoms with Crippen LogP contribution in [0, 0.1) is 5.92 Å². The van der Waals surface area contributed by atoms with Crippen molar-refractivity contribution in [2.75, 3.05) is 13.1 Å². The van der Waals surface area contributed by atoms with Crippen LogP contribution in [-0.4, -0.2) is 24.2 Å². The Labute approximate surface area is 108 Å². The molecule has 1 atom stereocenters. The second-order valence-electron chi connectivity index (χ2n) is 5.10. The molecule has 0 aliphatic carbocycles. The summed E-state index contributed by atoms with van der Waals surface area (Å²) in [5.41, 5.74) is -0.273.